The maximum atomic E-state index is 14.1. The van der Waals surface area contributed by atoms with Gasteiger partial charge in [0.2, 0.25) is 0 Å². The lowest BCUT2D eigenvalue weighted by Crippen LogP contribution is -2.23. The van der Waals surface area contributed by atoms with E-state index in [0.29, 0.717) is 22.3 Å². The lowest BCUT2D eigenvalue weighted by Gasteiger charge is -2.15. The van der Waals surface area contributed by atoms with Crippen LogP contribution in [0.3, 0.4) is 0 Å². The summed E-state index contributed by atoms with van der Waals surface area (Å²) in [5, 5.41) is 12.2. The Labute approximate surface area is 148 Å². The van der Waals surface area contributed by atoms with Crippen molar-refractivity contribution in [2.24, 2.45) is 5.73 Å². The summed E-state index contributed by atoms with van der Waals surface area (Å²) in [4.78, 5) is 23.8. The molecule has 0 aliphatic carbocycles. The Morgan fingerprint density at radius 2 is 2.04 bits per heavy atom. The third kappa shape index (κ3) is 2.72. The van der Waals surface area contributed by atoms with Crippen LogP contribution in [0.1, 0.15) is 21.5 Å². The summed E-state index contributed by atoms with van der Waals surface area (Å²) in [6, 6.07) is 7.80. The van der Waals surface area contributed by atoms with Crippen LogP contribution in [0.4, 0.5) is 10.1 Å². The van der Waals surface area contributed by atoms with Crippen LogP contribution in [-0.4, -0.2) is 22.5 Å². The zero-order valence-corrected chi connectivity index (χ0v) is 14.3. The van der Waals surface area contributed by atoms with Gasteiger partial charge in [0, 0.05) is 25.4 Å². The molecule has 0 saturated carbocycles. The molecule has 1 aromatic carbocycles. The number of aryl methyl sites for hydroxylation is 1. The second-order valence-electron chi connectivity index (χ2n) is 5.92. The lowest BCUT2D eigenvalue weighted by atomic mass is 9.98. The van der Waals surface area contributed by atoms with E-state index in [4.69, 9.17) is 5.73 Å². The number of aromatic nitrogens is 1. The zero-order valence-electron chi connectivity index (χ0n) is 14.3. The Morgan fingerprint density at radius 1 is 1.31 bits per heavy atom. The number of halogens is 1. The largest absolute Gasteiger partial charge is 0.477 e. The predicted octanol–water partition coefficient (Wildman–Crippen LogP) is 2.61. The summed E-state index contributed by atoms with van der Waals surface area (Å²) in [6.07, 6.45) is 1.50. The van der Waals surface area contributed by atoms with Crippen molar-refractivity contribution in [3.05, 3.63) is 69.4 Å². The number of benzene rings is 1. The highest BCUT2D eigenvalue weighted by Crippen LogP contribution is 2.30. The van der Waals surface area contributed by atoms with Crippen LogP contribution >= 0.6 is 0 Å². The van der Waals surface area contributed by atoms with Crippen molar-refractivity contribution in [3.8, 4) is 11.1 Å². The van der Waals surface area contributed by atoms with Gasteiger partial charge in [0.05, 0.1) is 11.2 Å². The number of nitrogens with two attached hydrogens (primary N) is 1. The highest BCUT2D eigenvalue weighted by atomic mass is 19.1. The van der Waals surface area contributed by atoms with E-state index in [1.807, 2.05) is 0 Å². The van der Waals surface area contributed by atoms with Gasteiger partial charge in [0.15, 0.2) is 0 Å². The molecule has 26 heavy (non-hydrogen) atoms. The van der Waals surface area contributed by atoms with Gasteiger partial charge in [-0.05, 0) is 41.8 Å². The normalized spacial score (nSPS) is 10.9. The van der Waals surface area contributed by atoms with Gasteiger partial charge in [-0.2, -0.15) is 0 Å². The van der Waals surface area contributed by atoms with Gasteiger partial charge in [0.25, 0.3) is 5.56 Å². The van der Waals surface area contributed by atoms with Gasteiger partial charge in [-0.15, -0.1) is 0 Å². The van der Waals surface area contributed by atoms with Crippen molar-refractivity contribution < 1.29 is 14.3 Å². The van der Waals surface area contributed by atoms with Crippen molar-refractivity contribution >= 4 is 17.2 Å². The van der Waals surface area contributed by atoms with E-state index < -0.39 is 17.3 Å². The van der Waals surface area contributed by atoms with Crippen LogP contribution in [0, 0.1) is 12.7 Å². The van der Waals surface area contributed by atoms with E-state index >= 15 is 0 Å². The SMILES string of the molecule is CNc1cc(C(=O)O)c(=O)n2ccc(-c3ccc(CN)c(F)c3)c(C)c12. The molecule has 0 fully saturated rings. The van der Waals surface area contributed by atoms with Gasteiger partial charge < -0.3 is 16.2 Å². The minimum absolute atomic E-state index is 0.111. The van der Waals surface area contributed by atoms with Crippen molar-refractivity contribution in [1.82, 2.24) is 4.40 Å². The number of rotatable bonds is 4. The molecule has 134 valence electrons. The summed E-state index contributed by atoms with van der Waals surface area (Å²) in [6.45, 7) is 1.92. The highest BCUT2D eigenvalue weighted by molar-refractivity contribution is 5.92. The molecule has 4 N–H and O–H groups in total. The van der Waals surface area contributed by atoms with Crippen molar-refractivity contribution in [2.75, 3.05) is 12.4 Å². The van der Waals surface area contributed by atoms with Crippen LogP contribution in [0.2, 0.25) is 0 Å². The summed E-state index contributed by atoms with van der Waals surface area (Å²) in [5.41, 5.74) is 8.15. The number of fused-ring (bicyclic) bond motifs is 1. The van der Waals surface area contributed by atoms with Crippen molar-refractivity contribution in [1.29, 1.82) is 0 Å². The molecule has 0 aliphatic heterocycles. The average Bonchev–Trinajstić information content (AvgIpc) is 2.62. The lowest BCUT2D eigenvalue weighted by molar-refractivity contribution is 0.0695. The van der Waals surface area contributed by atoms with Crippen LogP contribution in [0.25, 0.3) is 16.6 Å². The van der Waals surface area contributed by atoms with Crippen molar-refractivity contribution in [2.45, 2.75) is 13.5 Å². The number of hydrogen-bond donors (Lipinski definition) is 3. The van der Waals surface area contributed by atoms with E-state index in [0.717, 1.165) is 11.1 Å². The van der Waals surface area contributed by atoms with Crippen LogP contribution in [-0.2, 0) is 6.54 Å². The first-order chi connectivity index (χ1) is 12.4. The molecule has 0 atom stereocenters. The first kappa shape index (κ1) is 17.6. The number of anilines is 1. The number of hydrogen-bond acceptors (Lipinski definition) is 4. The van der Waals surface area contributed by atoms with E-state index in [2.05, 4.69) is 5.32 Å². The number of aromatic carboxylic acids is 1. The summed E-state index contributed by atoms with van der Waals surface area (Å²) in [5.74, 6) is -1.68. The van der Waals surface area contributed by atoms with Gasteiger partial charge in [-0.3, -0.25) is 9.20 Å². The molecule has 3 rings (SSSR count). The minimum atomic E-state index is -1.29. The Bertz CT molecular complexity index is 1090. The molecule has 0 amide bonds. The fraction of sp³-hybridized carbons (Fsp3) is 0.158. The van der Waals surface area contributed by atoms with E-state index in [1.165, 1.54) is 22.7 Å². The smallest absolute Gasteiger partial charge is 0.341 e. The molecule has 6 nitrogen and oxygen atoms in total. The molecule has 7 heteroatoms. The quantitative estimate of drug-likeness (QED) is 0.668. The summed E-state index contributed by atoms with van der Waals surface area (Å²) >= 11 is 0. The third-order valence-corrected chi connectivity index (χ3v) is 4.47. The molecule has 3 aromatic rings. The molecule has 2 heterocycles. The van der Waals surface area contributed by atoms with Gasteiger partial charge in [-0.1, -0.05) is 12.1 Å². The summed E-state index contributed by atoms with van der Waals surface area (Å²) in [7, 11) is 1.65. The average molecular weight is 355 g/mol. The Kier molecular flexibility index (Phi) is 4.48. The van der Waals surface area contributed by atoms with Gasteiger partial charge >= 0.3 is 5.97 Å². The molecule has 0 spiro atoms. The fourth-order valence-electron chi connectivity index (χ4n) is 3.10. The van der Waals surface area contributed by atoms with E-state index in [1.54, 1.807) is 32.2 Å². The predicted molar refractivity (Wildman–Crippen MR) is 98.2 cm³/mol. The molecule has 0 aliphatic rings. The second kappa shape index (κ2) is 6.61. The maximum absolute atomic E-state index is 14.1. The first-order valence-corrected chi connectivity index (χ1v) is 7.98. The molecular weight excluding hydrogens is 337 g/mol. The number of pyridine rings is 2. The Morgan fingerprint density at radius 3 is 2.62 bits per heavy atom. The standard InChI is InChI=1S/C19H18FN3O3/c1-10-13(11-3-4-12(9-21)15(20)7-11)5-6-23-17(10)16(22-2)8-14(18(23)24)19(25)26/h3-8,22H,9,21H2,1-2H3,(H,25,26). The Hall–Kier alpha value is -3.19. The molecule has 0 radical (unpaired) electrons. The van der Waals surface area contributed by atoms with E-state index in [9.17, 15) is 19.1 Å². The number of carboxylic acids is 1. The molecule has 0 saturated heterocycles. The van der Waals surface area contributed by atoms with Gasteiger partial charge in [0.1, 0.15) is 11.4 Å². The molecule has 0 unspecified atom stereocenters. The number of carboxylic acid groups (broad SMARTS) is 1. The monoisotopic (exact) mass is 355 g/mol. The van der Waals surface area contributed by atoms with Crippen LogP contribution < -0.4 is 16.6 Å². The van der Waals surface area contributed by atoms with Crippen LogP contribution in [0.5, 0.6) is 0 Å². The third-order valence-electron chi connectivity index (χ3n) is 4.47. The topological polar surface area (TPSA) is 96.8 Å². The van der Waals surface area contributed by atoms with Crippen LogP contribution in [0.15, 0.2) is 41.3 Å². The highest BCUT2D eigenvalue weighted by Gasteiger charge is 2.17. The summed E-state index contributed by atoms with van der Waals surface area (Å²) < 4.78 is 15.4. The van der Waals surface area contributed by atoms with E-state index in [-0.39, 0.29) is 12.1 Å². The number of nitrogens with zero attached hydrogens (tertiary/aromatic N) is 1. The fourth-order valence-corrected chi connectivity index (χ4v) is 3.10. The maximum Gasteiger partial charge on any atom is 0.341 e. The Balaban J connectivity index is 2.33. The molecular formula is C19H18FN3O3. The number of carbonyl (C=O) groups is 1. The molecule has 0 bridgehead atoms. The molecule has 2 aromatic heterocycles. The van der Waals surface area contributed by atoms with Crippen molar-refractivity contribution in [3.63, 3.8) is 0 Å². The number of nitrogens with one attached hydrogen (secondary N) is 1. The minimum Gasteiger partial charge on any atom is -0.477 e. The first-order valence-electron chi connectivity index (χ1n) is 7.98. The zero-order chi connectivity index (χ0) is 19.0. The van der Waals surface area contributed by atoms with Gasteiger partial charge in [-0.25, -0.2) is 9.18 Å². The second-order valence-corrected chi connectivity index (χ2v) is 5.92.